The molecule has 2 N–H and O–H groups in total. The van der Waals surface area contributed by atoms with E-state index in [0.29, 0.717) is 4.88 Å². The van der Waals surface area contributed by atoms with Crippen molar-refractivity contribution in [2.75, 3.05) is 13.2 Å². The van der Waals surface area contributed by atoms with E-state index >= 15 is 0 Å². The lowest BCUT2D eigenvalue weighted by atomic mass is 9.80. The summed E-state index contributed by atoms with van der Waals surface area (Å²) in [6.45, 7) is 4.86. The molecule has 40 heavy (non-hydrogen) atoms. The number of nitrogens with two attached hydrogens (primary N) is 1. The van der Waals surface area contributed by atoms with Crippen LogP contribution in [0, 0.1) is 28.6 Å². The molecule has 2 aliphatic rings. The van der Waals surface area contributed by atoms with Gasteiger partial charge in [0.15, 0.2) is 15.1 Å². The Labute approximate surface area is 236 Å². The monoisotopic (exact) mass is 578 g/mol. The predicted molar refractivity (Wildman–Crippen MR) is 145 cm³/mol. The zero-order chi connectivity index (χ0) is 29.2. The van der Waals surface area contributed by atoms with Gasteiger partial charge in [-0.3, -0.25) is 0 Å². The summed E-state index contributed by atoms with van der Waals surface area (Å²) in [5.74, 6) is -4.18. The average molecular weight is 579 g/mol. The summed E-state index contributed by atoms with van der Waals surface area (Å²) >= 11 is 1.27. The van der Waals surface area contributed by atoms with Crippen molar-refractivity contribution in [2.45, 2.75) is 36.8 Å². The van der Waals surface area contributed by atoms with E-state index < -0.39 is 38.9 Å². The second-order valence-corrected chi connectivity index (χ2v) is 11.9. The standard InChI is InChI=1S/C28H26N4O6S2/c1-4-37-27(33)21-16(3)32-25(24(28(34)38-5-2)23(21)19-12-9-13-39-19)22(18(14-29)26(32)31)20(15-30)40(35,36)17-10-7-6-8-11-17/h6-13,20,22-23H,4-5,31H2,1-3H3/t20-,22-,23+/m0/s1. The van der Waals surface area contributed by atoms with E-state index in [9.17, 15) is 28.5 Å². The zero-order valence-corrected chi connectivity index (χ0v) is 23.6. The van der Waals surface area contributed by atoms with Crippen LogP contribution in [0.25, 0.3) is 0 Å². The van der Waals surface area contributed by atoms with Crippen LogP contribution < -0.4 is 5.73 Å². The van der Waals surface area contributed by atoms with Gasteiger partial charge in [0.05, 0.1) is 58.8 Å². The fraction of sp³-hybridized carbons (Fsp3) is 0.286. The molecule has 0 saturated heterocycles. The third-order valence-electron chi connectivity index (χ3n) is 6.72. The van der Waals surface area contributed by atoms with Crippen LogP contribution in [0.15, 0.2) is 86.7 Å². The van der Waals surface area contributed by atoms with Crippen molar-refractivity contribution in [3.8, 4) is 12.1 Å². The highest BCUT2D eigenvalue weighted by Gasteiger charge is 2.54. The van der Waals surface area contributed by atoms with Crippen LogP contribution in [-0.2, 0) is 28.9 Å². The number of rotatable bonds is 8. The van der Waals surface area contributed by atoms with Gasteiger partial charge in [-0.15, -0.1) is 11.3 Å². The summed E-state index contributed by atoms with van der Waals surface area (Å²) in [5, 5.41) is 20.4. The molecule has 0 radical (unpaired) electrons. The minimum Gasteiger partial charge on any atom is -0.463 e. The fourth-order valence-corrected chi connectivity index (χ4v) is 7.54. The average Bonchev–Trinajstić information content (AvgIpc) is 3.56. The van der Waals surface area contributed by atoms with E-state index in [4.69, 9.17) is 15.2 Å². The zero-order valence-electron chi connectivity index (χ0n) is 22.0. The van der Waals surface area contributed by atoms with Gasteiger partial charge in [-0.2, -0.15) is 10.5 Å². The van der Waals surface area contributed by atoms with Crippen molar-refractivity contribution in [2.24, 2.45) is 11.7 Å². The summed E-state index contributed by atoms with van der Waals surface area (Å²) in [5.41, 5.74) is 6.51. The Morgan fingerprint density at radius 3 is 2.20 bits per heavy atom. The molecular formula is C28H26N4O6S2. The third-order valence-corrected chi connectivity index (χ3v) is 9.63. The molecule has 4 rings (SSSR count). The molecule has 0 aliphatic carbocycles. The molecule has 0 saturated carbocycles. The molecule has 2 aliphatic heterocycles. The van der Waals surface area contributed by atoms with Crippen molar-refractivity contribution in [3.63, 3.8) is 0 Å². The second-order valence-electron chi connectivity index (χ2n) is 8.82. The minimum atomic E-state index is -4.36. The summed E-state index contributed by atoms with van der Waals surface area (Å²) in [4.78, 5) is 28.8. The molecule has 1 aromatic carbocycles. The SMILES string of the molecule is CCOC(=O)C1=C(C)N2C(N)=C(C#N)[C@@H]([C@H](C#N)S(=O)(=O)c3ccccc3)C2=C(C(=O)OCC)[C@@H]1c1cccs1. The van der Waals surface area contributed by atoms with Gasteiger partial charge in [-0.05, 0) is 44.4 Å². The van der Waals surface area contributed by atoms with Gasteiger partial charge in [0, 0.05) is 16.3 Å². The van der Waals surface area contributed by atoms with Crippen molar-refractivity contribution in [1.29, 1.82) is 10.5 Å². The Bertz CT molecular complexity index is 1630. The number of hydrogen-bond acceptors (Lipinski definition) is 11. The highest BCUT2D eigenvalue weighted by molar-refractivity contribution is 7.92. The number of fused-ring (bicyclic) bond motifs is 1. The first-order valence-electron chi connectivity index (χ1n) is 12.4. The smallest absolute Gasteiger partial charge is 0.336 e. The Kier molecular flexibility index (Phi) is 8.14. The van der Waals surface area contributed by atoms with Crippen molar-refractivity contribution >= 4 is 33.1 Å². The van der Waals surface area contributed by atoms with Crippen molar-refractivity contribution < 1.29 is 27.5 Å². The summed E-state index contributed by atoms with van der Waals surface area (Å²) in [7, 11) is -4.36. The lowest BCUT2D eigenvalue weighted by Gasteiger charge is -2.37. The summed E-state index contributed by atoms with van der Waals surface area (Å²) in [6, 6.07) is 14.7. The minimum absolute atomic E-state index is 0.0162. The van der Waals surface area contributed by atoms with Gasteiger partial charge in [-0.1, -0.05) is 24.3 Å². The first-order valence-corrected chi connectivity index (χ1v) is 14.8. The molecule has 12 heteroatoms. The Morgan fingerprint density at radius 2 is 1.68 bits per heavy atom. The highest BCUT2D eigenvalue weighted by Crippen LogP contribution is 2.52. The van der Waals surface area contributed by atoms with Crippen LogP contribution >= 0.6 is 11.3 Å². The van der Waals surface area contributed by atoms with Crippen LogP contribution in [0.5, 0.6) is 0 Å². The number of sulfone groups is 1. The lowest BCUT2D eigenvalue weighted by molar-refractivity contribution is -0.139. The first kappa shape index (κ1) is 28.6. The van der Waals surface area contributed by atoms with Crippen molar-refractivity contribution in [1.82, 2.24) is 4.90 Å². The molecule has 0 spiro atoms. The number of esters is 2. The summed E-state index contributed by atoms with van der Waals surface area (Å²) in [6.07, 6.45) is 0. The Hall–Kier alpha value is -4.39. The first-order chi connectivity index (χ1) is 19.1. The van der Waals surface area contributed by atoms with Gasteiger partial charge in [-0.25, -0.2) is 18.0 Å². The number of thiophene rings is 1. The number of benzene rings is 1. The van der Waals surface area contributed by atoms with Gasteiger partial charge in [0.25, 0.3) is 0 Å². The number of hydrogen-bond donors (Lipinski definition) is 1. The molecule has 0 fully saturated rings. The number of nitriles is 2. The largest absolute Gasteiger partial charge is 0.463 e. The Morgan fingerprint density at radius 1 is 1.05 bits per heavy atom. The van der Waals surface area contributed by atoms with Crippen LogP contribution in [0.2, 0.25) is 0 Å². The van der Waals surface area contributed by atoms with Gasteiger partial charge in [0.2, 0.25) is 0 Å². The van der Waals surface area contributed by atoms with Crippen LogP contribution in [0.3, 0.4) is 0 Å². The van der Waals surface area contributed by atoms with E-state index in [-0.39, 0.29) is 52.0 Å². The number of carbonyl (C=O) groups is 2. The quantitative estimate of drug-likeness (QED) is 0.459. The van der Waals surface area contributed by atoms with E-state index in [0.717, 1.165) is 0 Å². The third kappa shape index (κ3) is 4.55. The molecule has 206 valence electrons. The normalized spacial score (nSPS) is 19.6. The molecular weight excluding hydrogens is 552 g/mol. The second kappa shape index (κ2) is 11.4. The number of allylic oxidation sites excluding steroid dienone is 2. The van der Waals surface area contributed by atoms with E-state index in [1.165, 1.54) is 40.5 Å². The molecule has 2 aromatic rings. The molecule has 0 unspecified atom stereocenters. The van der Waals surface area contributed by atoms with Gasteiger partial charge < -0.3 is 20.1 Å². The van der Waals surface area contributed by atoms with E-state index in [1.807, 2.05) is 12.1 Å². The fourth-order valence-electron chi connectivity index (χ4n) is 5.10. The molecule has 0 bridgehead atoms. The molecule has 0 amide bonds. The van der Waals surface area contributed by atoms with Crippen LogP contribution in [0.4, 0.5) is 0 Å². The van der Waals surface area contributed by atoms with E-state index in [1.54, 1.807) is 44.4 Å². The molecule has 10 nitrogen and oxygen atoms in total. The predicted octanol–water partition coefficient (Wildman–Crippen LogP) is 3.49. The Balaban J connectivity index is 2.10. The number of ether oxygens (including phenoxy) is 2. The van der Waals surface area contributed by atoms with E-state index in [2.05, 4.69) is 0 Å². The maximum absolute atomic E-state index is 13.8. The van der Waals surface area contributed by atoms with Crippen LogP contribution in [-0.4, -0.2) is 43.7 Å². The molecule has 3 atom stereocenters. The lowest BCUT2D eigenvalue weighted by Crippen LogP contribution is -2.39. The topological polar surface area (TPSA) is 164 Å². The summed E-state index contributed by atoms with van der Waals surface area (Å²) < 4.78 is 38.4. The molecule has 1 aromatic heterocycles. The number of nitrogens with zero attached hydrogens (tertiary/aromatic N) is 3. The maximum atomic E-state index is 13.8. The van der Waals surface area contributed by atoms with Crippen LogP contribution in [0.1, 0.15) is 31.6 Å². The highest BCUT2D eigenvalue weighted by atomic mass is 32.2. The molecule has 3 heterocycles. The number of carbonyl (C=O) groups excluding carboxylic acids is 2. The van der Waals surface area contributed by atoms with Crippen molar-refractivity contribution in [3.05, 3.63) is 86.7 Å². The van der Waals surface area contributed by atoms with Gasteiger partial charge in [0.1, 0.15) is 5.82 Å². The van der Waals surface area contributed by atoms with Gasteiger partial charge >= 0.3 is 11.9 Å². The maximum Gasteiger partial charge on any atom is 0.336 e.